The molecular formula is C28H23NSi. The lowest BCUT2D eigenvalue weighted by atomic mass is 9.89. The van der Waals surface area contributed by atoms with Crippen LogP contribution in [-0.4, -0.2) is 13.1 Å². The normalized spacial score (nSPS) is 11.6. The summed E-state index contributed by atoms with van der Waals surface area (Å²) in [4.78, 5) is 4.76. The minimum absolute atomic E-state index is 1.04. The summed E-state index contributed by atoms with van der Waals surface area (Å²) in [7, 11) is -1.50. The number of fused-ring (bicyclic) bond motifs is 4. The number of benzene rings is 4. The quantitative estimate of drug-likeness (QED) is 0.162. The summed E-state index contributed by atoms with van der Waals surface area (Å²) in [6, 6.07) is 28.0. The van der Waals surface area contributed by atoms with Gasteiger partial charge in [-0.15, -0.1) is 5.54 Å². The van der Waals surface area contributed by atoms with Crippen molar-refractivity contribution in [1.82, 2.24) is 4.98 Å². The molecule has 1 nitrogen and oxygen atoms in total. The molecule has 0 aliphatic heterocycles. The van der Waals surface area contributed by atoms with Gasteiger partial charge in [-0.3, -0.25) is 4.98 Å². The van der Waals surface area contributed by atoms with Crippen LogP contribution in [0.4, 0.5) is 0 Å². The van der Waals surface area contributed by atoms with E-state index >= 15 is 0 Å². The highest BCUT2D eigenvalue weighted by Gasteiger charge is 2.15. The SMILES string of the molecule is C[Si](C)(C)C#Cc1ccc2ccccc2c1-c1cccc2ccc3cccnc3c12. The summed E-state index contributed by atoms with van der Waals surface area (Å²) in [6.07, 6.45) is 1.88. The monoisotopic (exact) mass is 401 g/mol. The van der Waals surface area contributed by atoms with E-state index < -0.39 is 8.07 Å². The summed E-state index contributed by atoms with van der Waals surface area (Å²) in [5.74, 6) is 3.55. The molecule has 0 saturated heterocycles. The van der Waals surface area contributed by atoms with Gasteiger partial charge in [0.1, 0.15) is 8.07 Å². The molecule has 144 valence electrons. The highest BCUT2D eigenvalue weighted by Crippen LogP contribution is 2.38. The zero-order chi connectivity index (χ0) is 20.7. The van der Waals surface area contributed by atoms with Crippen LogP contribution in [0.2, 0.25) is 19.6 Å². The molecule has 0 aliphatic rings. The zero-order valence-corrected chi connectivity index (χ0v) is 18.5. The summed E-state index contributed by atoms with van der Waals surface area (Å²) in [6.45, 7) is 6.86. The lowest BCUT2D eigenvalue weighted by Crippen LogP contribution is -2.16. The predicted molar refractivity (Wildman–Crippen MR) is 132 cm³/mol. The van der Waals surface area contributed by atoms with Gasteiger partial charge >= 0.3 is 0 Å². The van der Waals surface area contributed by atoms with E-state index in [1.165, 1.54) is 32.7 Å². The molecule has 30 heavy (non-hydrogen) atoms. The lowest BCUT2D eigenvalue weighted by Gasteiger charge is -2.14. The van der Waals surface area contributed by atoms with E-state index in [0.717, 1.165) is 16.5 Å². The minimum Gasteiger partial charge on any atom is -0.256 e. The molecule has 0 N–H and O–H groups in total. The third-order valence-corrected chi connectivity index (χ3v) is 6.26. The van der Waals surface area contributed by atoms with Crippen LogP contribution >= 0.6 is 0 Å². The van der Waals surface area contributed by atoms with Crippen LogP contribution < -0.4 is 0 Å². The van der Waals surface area contributed by atoms with E-state index in [-0.39, 0.29) is 0 Å². The van der Waals surface area contributed by atoms with Gasteiger partial charge in [0.05, 0.1) is 5.52 Å². The van der Waals surface area contributed by atoms with Crippen LogP contribution in [0, 0.1) is 11.5 Å². The highest BCUT2D eigenvalue weighted by molar-refractivity contribution is 6.83. The van der Waals surface area contributed by atoms with Crippen LogP contribution in [-0.2, 0) is 0 Å². The van der Waals surface area contributed by atoms with E-state index in [0.29, 0.717) is 0 Å². The highest BCUT2D eigenvalue weighted by atomic mass is 28.3. The number of hydrogen-bond donors (Lipinski definition) is 0. The van der Waals surface area contributed by atoms with E-state index in [9.17, 15) is 0 Å². The lowest BCUT2D eigenvalue weighted by molar-refractivity contribution is 1.43. The maximum absolute atomic E-state index is 4.76. The summed E-state index contributed by atoms with van der Waals surface area (Å²) in [5, 5.41) is 6.03. The van der Waals surface area contributed by atoms with Crippen LogP contribution in [0.3, 0.4) is 0 Å². The van der Waals surface area contributed by atoms with Crippen LogP contribution in [0.5, 0.6) is 0 Å². The van der Waals surface area contributed by atoms with E-state index in [1.807, 2.05) is 12.3 Å². The fourth-order valence-corrected chi connectivity index (χ4v) is 4.55. The Morgan fingerprint density at radius 3 is 2.30 bits per heavy atom. The molecule has 0 aliphatic carbocycles. The molecule has 0 bridgehead atoms. The summed E-state index contributed by atoms with van der Waals surface area (Å²) >= 11 is 0. The molecule has 0 unspecified atom stereocenters. The fourth-order valence-electron chi connectivity index (χ4n) is 4.04. The number of pyridine rings is 1. The molecule has 5 aromatic rings. The molecule has 0 radical (unpaired) electrons. The number of aromatic nitrogens is 1. The zero-order valence-electron chi connectivity index (χ0n) is 17.5. The van der Waals surface area contributed by atoms with Crippen LogP contribution in [0.1, 0.15) is 5.56 Å². The Bertz CT molecular complexity index is 1480. The van der Waals surface area contributed by atoms with Crippen molar-refractivity contribution in [2.75, 3.05) is 0 Å². The molecule has 1 heterocycles. The molecule has 0 atom stereocenters. The molecule has 1 aromatic heterocycles. The van der Waals surface area contributed by atoms with E-state index in [4.69, 9.17) is 4.98 Å². The largest absolute Gasteiger partial charge is 0.256 e. The molecule has 5 rings (SSSR count). The minimum atomic E-state index is -1.50. The third kappa shape index (κ3) is 3.28. The Morgan fingerprint density at radius 2 is 1.43 bits per heavy atom. The van der Waals surface area contributed by atoms with E-state index in [2.05, 4.69) is 104 Å². The Hall–Kier alpha value is -3.41. The number of rotatable bonds is 1. The molecule has 4 aromatic carbocycles. The standard InChI is InChI=1S/C28H23NSi/c1-30(2,3)19-17-22-14-13-20-8-4-5-11-24(20)26(22)25-12-6-9-21-15-16-23-10-7-18-29-28(23)27(21)25/h4-16,18H,1-3H3. The van der Waals surface area contributed by atoms with Gasteiger partial charge < -0.3 is 0 Å². The number of hydrogen-bond acceptors (Lipinski definition) is 1. The third-order valence-electron chi connectivity index (χ3n) is 5.39. The summed E-state index contributed by atoms with van der Waals surface area (Å²) < 4.78 is 0. The first-order valence-electron chi connectivity index (χ1n) is 10.3. The van der Waals surface area contributed by atoms with Gasteiger partial charge in [-0.2, -0.15) is 0 Å². The molecule has 0 saturated carbocycles. The molecule has 0 spiro atoms. The van der Waals surface area contributed by atoms with Crippen molar-refractivity contribution in [2.24, 2.45) is 0 Å². The van der Waals surface area contributed by atoms with Gasteiger partial charge in [0.2, 0.25) is 0 Å². The molecule has 2 heteroatoms. The van der Waals surface area contributed by atoms with Crippen molar-refractivity contribution in [3.63, 3.8) is 0 Å². The fraction of sp³-hybridized carbons (Fsp3) is 0.107. The molecule has 0 amide bonds. The maximum atomic E-state index is 4.76. The number of nitrogens with zero attached hydrogens (tertiary/aromatic N) is 1. The molecular weight excluding hydrogens is 378 g/mol. The van der Waals surface area contributed by atoms with Gasteiger partial charge in [-0.25, -0.2) is 0 Å². The molecule has 0 fully saturated rings. The van der Waals surface area contributed by atoms with Gasteiger partial charge in [-0.05, 0) is 33.9 Å². The first kappa shape index (κ1) is 18.6. The van der Waals surface area contributed by atoms with Gasteiger partial charge in [0.15, 0.2) is 0 Å². The second-order valence-corrected chi connectivity index (χ2v) is 13.5. The van der Waals surface area contributed by atoms with Gasteiger partial charge in [-0.1, -0.05) is 92.3 Å². The predicted octanol–water partition coefficient (Wildman–Crippen LogP) is 7.44. The first-order chi connectivity index (χ1) is 14.5. The average Bonchev–Trinajstić information content (AvgIpc) is 2.76. The average molecular weight is 402 g/mol. The Balaban J connectivity index is 1.95. The first-order valence-corrected chi connectivity index (χ1v) is 13.8. The van der Waals surface area contributed by atoms with Crippen LogP contribution in [0.15, 0.2) is 85.1 Å². The van der Waals surface area contributed by atoms with Gasteiger partial charge in [0.25, 0.3) is 0 Å². The smallest absolute Gasteiger partial charge is 0.129 e. The Kier molecular flexibility index (Phi) is 4.42. The van der Waals surface area contributed by atoms with Crippen molar-refractivity contribution in [2.45, 2.75) is 19.6 Å². The second kappa shape index (κ2) is 7.13. The van der Waals surface area contributed by atoms with Crippen molar-refractivity contribution < 1.29 is 0 Å². The van der Waals surface area contributed by atoms with Crippen LogP contribution in [0.25, 0.3) is 43.6 Å². The second-order valence-electron chi connectivity index (χ2n) is 8.75. The topological polar surface area (TPSA) is 12.9 Å². The van der Waals surface area contributed by atoms with Gasteiger partial charge in [0, 0.05) is 28.1 Å². The van der Waals surface area contributed by atoms with Crippen molar-refractivity contribution >= 4 is 40.5 Å². The van der Waals surface area contributed by atoms with Crippen molar-refractivity contribution in [3.8, 4) is 22.6 Å². The Morgan fingerprint density at radius 1 is 0.700 bits per heavy atom. The van der Waals surface area contributed by atoms with Crippen molar-refractivity contribution in [1.29, 1.82) is 0 Å². The van der Waals surface area contributed by atoms with Crippen molar-refractivity contribution in [3.05, 3.63) is 90.6 Å². The Labute approximate surface area is 178 Å². The van der Waals surface area contributed by atoms with E-state index in [1.54, 1.807) is 0 Å². The summed E-state index contributed by atoms with van der Waals surface area (Å²) in [5.41, 5.74) is 8.12. The maximum Gasteiger partial charge on any atom is 0.129 e.